The average molecular weight is 318 g/mol. The van der Waals surface area contributed by atoms with Gasteiger partial charge in [0.2, 0.25) is 0 Å². The minimum atomic E-state index is -0.163. The number of hydrogen-bond donors (Lipinski definition) is 4. The van der Waals surface area contributed by atoms with E-state index >= 15 is 0 Å². The second-order valence-electron chi connectivity index (χ2n) is 6.24. The van der Waals surface area contributed by atoms with E-state index in [0.29, 0.717) is 34.6 Å². The molecule has 1 aliphatic heterocycles. The number of rotatable bonds is 2. The zero-order valence-corrected chi connectivity index (χ0v) is 13.5. The van der Waals surface area contributed by atoms with Crippen molar-refractivity contribution in [2.75, 3.05) is 6.54 Å². The monoisotopic (exact) mass is 318 g/mol. The van der Waals surface area contributed by atoms with Gasteiger partial charge in [0.15, 0.2) is 5.11 Å². The Hall–Kier alpha value is -1.50. The topological polar surface area (TPSA) is 65.2 Å². The normalized spacial score (nSPS) is 30.4. The minimum Gasteiger partial charge on any atom is -0.359 e. The molecule has 1 saturated heterocycles. The number of hydrazine groups is 1. The van der Waals surface area contributed by atoms with Gasteiger partial charge in [-0.15, -0.1) is 0 Å². The molecule has 1 heterocycles. The highest BCUT2D eigenvalue weighted by atomic mass is 32.1. The molecule has 4 unspecified atom stereocenters. The van der Waals surface area contributed by atoms with Crippen LogP contribution in [0.25, 0.3) is 0 Å². The van der Waals surface area contributed by atoms with Gasteiger partial charge in [-0.25, -0.2) is 0 Å². The van der Waals surface area contributed by atoms with Gasteiger partial charge in [-0.3, -0.25) is 21.0 Å². The molecule has 0 spiro atoms. The molecule has 0 aromatic heterocycles. The molecule has 2 aliphatic rings. The van der Waals surface area contributed by atoms with Gasteiger partial charge in [0.25, 0.3) is 5.91 Å². The van der Waals surface area contributed by atoms with Crippen LogP contribution in [0.4, 0.5) is 0 Å². The number of thiocarbonyl (C=S) groups is 1. The van der Waals surface area contributed by atoms with E-state index in [2.05, 4.69) is 28.4 Å². The van der Waals surface area contributed by atoms with Crippen LogP contribution in [0, 0.1) is 11.8 Å². The van der Waals surface area contributed by atoms with Gasteiger partial charge in [-0.05, 0) is 49.0 Å². The highest BCUT2D eigenvalue weighted by Gasteiger charge is 2.37. The van der Waals surface area contributed by atoms with Crippen molar-refractivity contribution in [1.82, 2.24) is 21.5 Å². The Morgan fingerprint density at radius 2 is 2.05 bits per heavy atom. The Kier molecular flexibility index (Phi) is 4.71. The Balaban J connectivity index is 1.54. The molecule has 0 bridgehead atoms. The summed E-state index contributed by atoms with van der Waals surface area (Å²) in [4.78, 5) is 12.1. The predicted octanol–water partition coefficient (Wildman–Crippen LogP) is 1.18. The van der Waals surface area contributed by atoms with E-state index in [9.17, 15) is 4.79 Å². The number of amides is 1. The van der Waals surface area contributed by atoms with Crippen molar-refractivity contribution in [3.05, 3.63) is 35.9 Å². The van der Waals surface area contributed by atoms with Crippen molar-refractivity contribution in [2.45, 2.75) is 31.8 Å². The molecule has 2 fully saturated rings. The first-order valence-electron chi connectivity index (χ1n) is 7.79. The molecule has 1 saturated carbocycles. The number of benzene rings is 1. The Labute approximate surface area is 136 Å². The van der Waals surface area contributed by atoms with Crippen molar-refractivity contribution in [3.63, 3.8) is 0 Å². The van der Waals surface area contributed by atoms with Gasteiger partial charge in [0, 0.05) is 24.2 Å². The molecule has 4 N–H and O–H groups in total. The van der Waals surface area contributed by atoms with E-state index in [1.54, 1.807) is 12.1 Å². The fraction of sp³-hybridized carbons (Fsp3) is 0.500. The standard InChI is InChI=1S/C16H22N4OS/c1-10-7-14-12(9-17-20-14)8-13(10)18-16(22)19-15(21)11-5-3-2-4-6-11/h2-6,10,12-14,17,20H,7-9H2,1H3,(H2,18,19,21,22). The molecule has 3 rings (SSSR count). The molecule has 6 heteroatoms. The molecule has 118 valence electrons. The Bertz CT molecular complexity index is 550. The van der Waals surface area contributed by atoms with Crippen LogP contribution in [0.2, 0.25) is 0 Å². The molecular formula is C16H22N4OS. The molecule has 4 atom stereocenters. The molecular weight excluding hydrogens is 296 g/mol. The van der Waals surface area contributed by atoms with Crippen LogP contribution in [0.5, 0.6) is 0 Å². The van der Waals surface area contributed by atoms with Gasteiger partial charge in [0.1, 0.15) is 0 Å². The van der Waals surface area contributed by atoms with E-state index in [0.717, 1.165) is 19.4 Å². The summed E-state index contributed by atoms with van der Waals surface area (Å²) in [5, 5.41) is 6.52. The first-order valence-corrected chi connectivity index (χ1v) is 8.19. The number of hydrogen-bond acceptors (Lipinski definition) is 4. The number of fused-ring (bicyclic) bond motifs is 1. The van der Waals surface area contributed by atoms with Gasteiger partial charge >= 0.3 is 0 Å². The fourth-order valence-electron chi connectivity index (χ4n) is 3.37. The van der Waals surface area contributed by atoms with Crippen LogP contribution >= 0.6 is 12.2 Å². The summed E-state index contributed by atoms with van der Waals surface area (Å²) in [6, 6.07) is 10.00. The molecule has 5 nitrogen and oxygen atoms in total. The lowest BCUT2D eigenvalue weighted by molar-refractivity contribution is 0.0975. The number of nitrogens with one attached hydrogen (secondary N) is 4. The highest BCUT2D eigenvalue weighted by molar-refractivity contribution is 7.80. The maximum absolute atomic E-state index is 12.1. The second kappa shape index (κ2) is 6.73. The van der Waals surface area contributed by atoms with Crippen LogP contribution < -0.4 is 21.5 Å². The van der Waals surface area contributed by atoms with Crippen LogP contribution in [-0.4, -0.2) is 29.6 Å². The molecule has 1 aromatic rings. The predicted molar refractivity (Wildman–Crippen MR) is 90.2 cm³/mol. The van der Waals surface area contributed by atoms with Crippen molar-refractivity contribution in [2.24, 2.45) is 11.8 Å². The molecule has 1 aromatic carbocycles. The fourth-order valence-corrected chi connectivity index (χ4v) is 3.62. The van der Waals surface area contributed by atoms with E-state index in [1.165, 1.54) is 0 Å². The quantitative estimate of drug-likeness (QED) is 0.617. The molecule has 1 amide bonds. The summed E-state index contributed by atoms with van der Waals surface area (Å²) in [5.74, 6) is 0.977. The number of carbonyl (C=O) groups excluding carboxylic acids is 1. The largest absolute Gasteiger partial charge is 0.359 e. The Morgan fingerprint density at radius 1 is 1.27 bits per heavy atom. The van der Waals surface area contributed by atoms with Gasteiger partial charge in [-0.2, -0.15) is 0 Å². The molecule has 0 radical (unpaired) electrons. The smallest absolute Gasteiger partial charge is 0.257 e. The summed E-state index contributed by atoms with van der Waals surface area (Å²) in [5.41, 5.74) is 7.19. The van der Waals surface area contributed by atoms with E-state index in [4.69, 9.17) is 12.2 Å². The summed E-state index contributed by atoms with van der Waals surface area (Å²) >= 11 is 5.31. The first-order chi connectivity index (χ1) is 10.6. The van der Waals surface area contributed by atoms with Gasteiger partial charge in [-0.1, -0.05) is 25.1 Å². The summed E-state index contributed by atoms with van der Waals surface area (Å²) in [7, 11) is 0. The maximum Gasteiger partial charge on any atom is 0.257 e. The summed E-state index contributed by atoms with van der Waals surface area (Å²) in [6.45, 7) is 3.23. The Morgan fingerprint density at radius 3 is 2.82 bits per heavy atom. The third-order valence-corrected chi connectivity index (χ3v) is 4.89. The van der Waals surface area contributed by atoms with Crippen LogP contribution in [-0.2, 0) is 0 Å². The van der Waals surface area contributed by atoms with Crippen molar-refractivity contribution < 1.29 is 4.79 Å². The SMILES string of the molecule is CC1CC2NNCC2CC1NC(=S)NC(=O)c1ccccc1. The summed E-state index contributed by atoms with van der Waals surface area (Å²) in [6.07, 6.45) is 2.18. The van der Waals surface area contributed by atoms with E-state index in [1.807, 2.05) is 18.2 Å². The van der Waals surface area contributed by atoms with E-state index in [-0.39, 0.29) is 5.91 Å². The van der Waals surface area contributed by atoms with Gasteiger partial charge in [0.05, 0.1) is 0 Å². The lowest BCUT2D eigenvalue weighted by atomic mass is 9.77. The molecule has 1 aliphatic carbocycles. The van der Waals surface area contributed by atoms with Crippen molar-refractivity contribution >= 4 is 23.2 Å². The lowest BCUT2D eigenvalue weighted by Gasteiger charge is -2.37. The summed E-state index contributed by atoms with van der Waals surface area (Å²) < 4.78 is 0. The first kappa shape index (κ1) is 15.4. The van der Waals surface area contributed by atoms with E-state index < -0.39 is 0 Å². The zero-order chi connectivity index (χ0) is 15.5. The maximum atomic E-state index is 12.1. The lowest BCUT2D eigenvalue weighted by Crippen LogP contribution is -2.51. The number of carbonyl (C=O) groups is 1. The molecule has 22 heavy (non-hydrogen) atoms. The van der Waals surface area contributed by atoms with Crippen LogP contribution in [0.15, 0.2) is 30.3 Å². The second-order valence-corrected chi connectivity index (χ2v) is 6.65. The van der Waals surface area contributed by atoms with Crippen LogP contribution in [0.1, 0.15) is 30.1 Å². The third-order valence-electron chi connectivity index (χ3n) is 4.67. The van der Waals surface area contributed by atoms with Crippen molar-refractivity contribution in [3.8, 4) is 0 Å². The van der Waals surface area contributed by atoms with Gasteiger partial charge < -0.3 is 5.32 Å². The van der Waals surface area contributed by atoms with Crippen molar-refractivity contribution in [1.29, 1.82) is 0 Å². The highest BCUT2D eigenvalue weighted by Crippen LogP contribution is 2.30. The average Bonchev–Trinajstić information content (AvgIpc) is 2.95. The minimum absolute atomic E-state index is 0.163. The zero-order valence-electron chi connectivity index (χ0n) is 12.6. The van der Waals surface area contributed by atoms with Crippen LogP contribution in [0.3, 0.4) is 0 Å². The third kappa shape index (κ3) is 3.45.